The summed E-state index contributed by atoms with van der Waals surface area (Å²) < 4.78 is 41.2. The molecule has 1 aromatic carbocycles. The first-order valence-corrected chi connectivity index (χ1v) is 11.1. The molecule has 2 aromatic rings. The third kappa shape index (κ3) is 5.00. The average Bonchev–Trinajstić information content (AvgIpc) is 3.26. The van der Waals surface area contributed by atoms with Crippen LogP contribution < -0.4 is 5.73 Å². The molecule has 1 aromatic heterocycles. The van der Waals surface area contributed by atoms with E-state index in [-0.39, 0.29) is 5.91 Å². The minimum Gasteiger partial charge on any atom is -0.366 e. The molecular weight excluding hydrogens is 419 g/mol. The fourth-order valence-corrected chi connectivity index (χ4v) is 4.50. The Labute approximate surface area is 186 Å². The predicted molar refractivity (Wildman–Crippen MR) is 117 cm³/mol. The summed E-state index contributed by atoms with van der Waals surface area (Å²) in [6.45, 7) is 5.91. The van der Waals surface area contributed by atoms with Crippen LogP contribution in [0.2, 0.25) is 0 Å². The lowest BCUT2D eigenvalue weighted by molar-refractivity contribution is -0.137. The van der Waals surface area contributed by atoms with E-state index in [1.54, 1.807) is 0 Å². The van der Waals surface area contributed by atoms with E-state index in [9.17, 15) is 22.8 Å². The summed E-state index contributed by atoms with van der Waals surface area (Å²) in [6.07, 6.45) is 0.269. The third-order valence-electron chi connectivity index (χ3n) is 6.13. The van der Waals surface area contributed by atoms with Crippen LogP contribution in [0.1, 0.15) is 66.3 Å². The Bertz CT molecular complexity index is 978. The number of alkyl halides is 3. The molecule has 0 aliphatic carbocycles. The number of hydrogen-bond acceptors (Lipinski definition) is 2. The molecule has 2 amide bonds. The van der Waals surface area contributed by atoms with Crippen molar-refractivity contribution >= 4 is 11.8 Å². The SMILES string of the molecule is CCCCc1c(-c2ccc(C(F)(F)F)cc2)c(C(N)=O)c(C)n1CCCN1CCCC1=O. The maximum Gasteiger partial charge on any atom is 0.416 e. The van der Waals surface area contributed by atoms with Crippen LogP contribution in [0.3, 0.4) is 0 Å². The fraction of sp³-hybridized carbons (Fsp3) is 0.500. The van der Waals surface area contributed by atoms with Gasteiger partial charge in [-0.3, -0.25) is 9.59 Å². The molecule has 2 N–H and O–H groups in total. The molecule has 5 nitrogen and oxygen atoms in total. The van der Waals surface area contributed by atoms with Crippen LogP contribution in [-0.2, 0) is 23.9 Å². The number of carbonyl (C=O) groups is 2. The maximum absolute atomic E-state index is 13.0. The van der Waals surface area contributed by atoms with Gasteiger partial charge in [-0.25, -0.2) is 0 Å². The van der Waals surface area contributed by atoms with E-state index in [0.29, 0.717) is 48.3 Å². The van der Waals surface area contributed by atoms with Crippen molar-refractivity contribution in [3.63, 3.8) is 0 Å². The van der Waals surface area contributed by atoms with Gasteiger partial charge >= 0.3 is 6.18 Å². The number of amides is 2. The quantitative estimate of drug-likeness (QED) is 0.589. The van der Waals surface area contributed by atoms with Crippen LogP contribution in [0.5, 0.6) is 0 Å². The molecule has 8 heteroatoms. The van der Waals surface area contributed by atoms with Crippen LogP contribution in [0.15, 0.2) is 24.3 Å². The molecule has 174 valence electrons. The first kappa shape index (κ1) is 23.9. The molecule has 3 rings (SSSR count). The van der Waals surface area contributed by atoms with E-state index < -0.39 is 17.6 Å². The molecule has 1 fully saturated rings. The molecule has 0 bridgehead atoms. The highest BCUT2D eigenvalue weighted by Crippen LogP contribution is 2.36. The van der Waals surface area contributed by atoms with E-state index in [2.05, 4.69) is 11.5 Å². The molecule has 0 saturated carbocycles. The number of rotatable bonds is 9. The number of primary amides is 1. The second kappa shape index (κ2) is 9.79. The van der Waals surface area contributed by atoms with Gasteiger partial charge in [0.2, 0.25) is 5.91 Å². The molecule has 1 saturated heterocycles. The van der Waals surface area contributed by atoms with Crippen LogP contribution in [0, 0.1) is 6.92 Å². The lowest BCUT2D eigenvalue weighted by Gasteiger charge is -2.18. The van der Waals surface area contributed by atoms with Crippen LogP contribution in [0.4, 0.5) is 13.2 Å². The van der Waals surface area contributed by atoms with Crippen LogP contribution in [0.25, 0.3) is 11.1 Å². The summed E-state index contributed by atoms with van der Waals surface area (Å²) >= 11 is 0. The minimum atomic E-state index is -4.43. The van der Waals surface area contributed by atoms with Crippen molar-refractivity contribution in [2.45, 2.75) is 65.1 Å². The van der Waals surface area contributed by atoms with Gasteiger partial charge < -0.3 is 15.2 Å². The van der Waals surface area contributed by atoms with Gasteiger partial charge in [0.05, 0.1) is 11.1 Å². The number of likely N-dealkylation sites (tertiary alicyclic amines) is 1. The van der Waals surface area contributed by atoms with Crippen LogP contribution in [-0.4, -0.2) is 34.4 Å². The largest absolute Gasteiger partial charge is 0.416 e. The monoisotopic (exact) mass is 449 g/mol. The molecule has 2 heterocycles. The number of aromatic nitrogens is 1. The third-order valence-corrected chi connectivity index (χ3v) is 6.13. The van der Waals surface area contributed by atoms with Gasteiger partial charge in [0.25, 0.3) is 5.91 Å². The first-order chi connectivity index (χ1) is 15.1. The Morgan fingerprint density at radius 2 is 1.81 bits per heavy atom. The van der Waals surface area contributed by atoms with Gasteiger partial charge in [-0.05, 0) is 50.3 Å². The van der Waals surface area contributed by atoms with Gasteiger partial charge in [0.15, 0.2) is 0 Å². The number of hydrogen-bond donors (Lipinski definition) is 1. The second-order valence-corrected chi connectivity index (χ2v) is 8.31. The van der Waals surface area contributed by atoms with Crippen molar-refractivity contribution in [3.05, 3.63) is 46.8 Å². The molecule has 0 atom stereocenters. The fourth-order valence-electron chi connectivity index (χ4n) is 4.50. The minimum absolute atomic E-state index is 0.170. The zero-order valence-electron chi connectivity index (χ0n) is 18.6. The van der Waals surface area contributed by atoms with Gasteiger partial charge in [-0.2, -0.15) is 13.2 Å². The summed E-state index contributed by atoms with van der Waals surface area (Å²) in [4.78, 5) is 26.1. The molecule has 0 radical (unpaired) electrons. The molecule has 1 aliphatic rings. The smallest absolute Gasteiger partial charge is 0.366 e. The summed E-state index contributed by atoms with van der Waals surface area (Å²) in [5.74, 6) is -0.424. The average molecular weight is 450 g/mol. The maximum atomic E-state index is 13.0. The van der Waals surface area contributed by atoms with Gasteiger partial charge in [-0.15, -0.1) is 0 Å². The lowest BCUT2D eigenvalue weighted by Crippen LogP contribution is -2.26. The Morgan fingerprint density at radius 1 is 1.12 bits per heavy atom. The zero-order chi connectivity index (χ0) is 23.5. The standard InChI is InChI=1S/C24H30F3N3O2/c1-3-4-7-19-22(17-9-11-18(12-10-17)24(25,26)27)21(23(28)32)16(2)30(19)15-6-14-29-13-5-8-20(29)31/h9-12H,3-8,13-15H2,1-2H3,(H2,28,32). The highest BCUT2D eigenvalue weighted by molar-refractivity contribution is 6.02. The van der Waals surface area contributed by atoms with E-state index in [1.807, 2.05) is 11.8 Å². The van der Waals surface area contributed by atoms with Crippen molar-refractivity contribution < 1.29 is 22.8 Å². The molecule has 0 spiro atoms. The summed E-state index contributed by atoms with van der Waals surface area (Å²) in [7, 11) is 0. The molecule has 0 unspecified atom stereocenters. The van der Waals surface area contributed by atoms with Gasteiger partial charge in [0.1, 0.15) is 0 Å². The second-order valence-electron chi connectivity index (χ2n) is 8.31. The normalized spacial score (nSPS) is 14.4. The van der Waals surface area contributed by atoms with Crippen molar-refractivity contribution in [1.29, 1.82) is 0 Å². The number of nitrogens with zero attached hydrogens (tertiary/aromatic N) is 2. The molecular formula is C24H30F3N3O2. The number of unbranched alkanes of at least 4 members (excludes halogenated alkanes) is 1. The van der Waals surface area contributed by atoms with Crippen molar-refractivity contribution in [2.24, 2.45) is 5.73 Å². The topological polar surface area (TPSA) is 68.3 Å². The highest BCUT2D eigenvalue weighted by Gasteiger charge is 2.31. The van der Waals surface area contributed by atoms with E-state index in [0.717, 1.165) is 50.1 Å². The summed E-state index contributed by atoms with van der Waals surface area (Å²) in [6, 6.07) is 4.89. The van der Waals surface area contributed by atoms with Crippen molar-refractivity contribution in [3.8, 4) is 11.1 Å². The summed E-state index contributed by atoms with van der Waals surface area (Å²) in [5.41, 5.74) is 8.14. The summed E-state index contributed by atoms with van der Waals surface area (Å²) in [5, 5.41) is 0. The Kier molecular flexibility index (Phi) is 7.31. The Hall–Kier alpha value is -2.77. The Morgan fingerprint density at radius 3 is 2.34 bits per heavy atom. The van der Waals surface area contributed by atoms with Gasteiger partial charge in [-0.1, -0.05) is 25.5 Å². The predicted octanol–water partition coefficient (Wildman–Crippen LogP) is 4.94. The Balaban J connectivity index is 1.99. The van der Waals surface area contributed by atoms with E-state index >= 15 is 0 Å². The van der Waals surface area contributed by atoms with E-state index in [1.165, 1.54) is 12.1 Å². The van der Waals surface area contributed by atoms with Crippen LogP contribution >= 0.6 is 0 Å². The lowest BCUT2D eigenvalue weighted by atomic mass is 9.96. The van der Waals surface area contributed by atoms with Crippen molar-refractivity contribution in [2.75, 3.05) is 13.1 Å². The zero-order valence-corrected chi connectivity index (χ0v) is 18.6. The van der Waals surface area contributed by atoms with Gasteiger partial charge in [0, 0.05) is 43.0 Å². The van der Waals surface area contributed by atoms with E-state index in [4.69, 9.17) is 5.73 Å². The highest BCUT2D eigenvalue weighted by atomic mass is 19.4. The number of carbonyl (C=O) groups excluding carboxylic acids is 2. The molecule has 32 heavy (non-hydrogen) atoms. The first-order valence-electron chi connectivity index (χ1n) is 11.1. The number of halogens is 3. The number of nitrogens with two attached hydrogens (primary N) is 1. The van der Waals surface area contributed by atoms with Crippen molar-refractivity contribution in [1.82, 2.24) is 9.47 Å². The molecule has 1 aliphatic heterocycles. The number of benzene rings is 1.